The van der Waals surface area contributed by atoms with E-state index in [0.29, 0.717) is 31.0 Å². The Bertz CT molecular complexity index is 2060. The van der Waals surface area contributed by atoms with E-state index in [9.17, 15) is 14.4 Å². The van der Waals surface area contributed by atoms with Gasteiger partial charge in [0.1, 0.15) is 17.2 Å². The van der Waals surface area contributed by atoms with E-state index < -0.39 is 23.6 Å². The highest BCUT2D eigenvalue weighted by Gasteiger charge is 2.33. The minimum atomic E-state index is -0.779. The average Bonchev–Trinajstić information content (AvgIpc) is 3.87. The quantitative estimate of drug-likeness (QED) is 0.0471. The van der Waals surface area contributed by atoms with Crippen molar-refractivity contribution in [3.8, 4) is 39.7 Å². The predicted molar refractivity (Wildman–Crippen MR) is 237 cm³/mol. The van der Waals surface area contributed by atoms with Crippen LogP contribution in [0, 0.1) is 0 Å². The molecule has 2 heterocycles. The van der Waals surface area contributed by atoms with Crippen LogP contribution in [0.3, 0.4) is 0 Å². The summed E-state index contributed by atoms with van der Waals surface area (Å²) in [7, 11) is 1.99. The molecule has 1 aliphatic rings. The number of rotatable bonds is 22. The first-order valence-electron chi connectivity index (χ1n) is 21.5. The van der Waals surface area contributed by atoms with E-state index >= 15 is 0 Å². The molecule has 11 nitrogen and oxygen atoms in total. The molecule has 0 aliphatic carbocycles. The summed E-state index contributed by atoms with van der Waals surface area (Å²) in [5.74, 6) is 0.325. The number of aromatic nitrogens is 2. The Labute approximate surface area is 355 Å². The van der Waals surface area contributed by atoms with Crippen molar-refractivity contribution < 1.29 is 33.4 Å². The number of benzene rings is 3. The average molecular weight is 819 g/mol. The molecule has 1 aromatic heterocycles. The highest BCUT2D eigenvalue weighted by atomic mass is 16.7. The molecule has 0 saturated carbocycles. The van der Waals surface area contributed by atoms with Crippen LogP contribution in [0.25, 0.3) is 40.0 Å². The molecule has 1 amide bonds. The number of carbonyl (C=O) groups excluding carboxylic acids is 3. The van der Waals surface area contributed by atoms with E-state index in [-0.39, 0.29) is 12.5 Å². The van der Waals surface area contributed by atoms with Crippen LogP contribution in [0.2, 0.25) is 0 Å². The molecular weight excluding hydrogens is 757 g/mol. The van der Waals surface area contributed by atoms with Gasteiger partial charge < -0.3 is 28.9 Å². The highest BCUT2D eigenvalue weighted by Crippen LogP contribution is 2.36. The fraction of sp³-hybridized carbons (Fsp3) is 0.449. The summed E-state index contributed by atoms with van der Waals surface area (Å²) in [5, 5.41) is 7.21. The molecule has 1 aliphatic heterocycles. The van der Waals surface area contributed by atoms with Crippen molar-refractivity contribution in [2.24, 2.45) is 12.2 Å². The second-order valence-electron chi connectivity index (χ2n) is 16.2. The molecule has 1 unspecified atom stereocenters. The number of esters is 2. The first kappa shape index (κ1) is 45.4. The number of nitrogens with zero attached hydrogens (tertiary/aromatic N) is 3. The predicted octanol–water partition coefficient (Wildman–Crippen LogP) is 10.2. The van der Waals surface area contributed by atoms with Crippen molar-refractivity contribution in [3.05, 3.63) is 90.0 Å². The molecule has 11 heteroatoms. The smallest absolute Gasteiger partial charge is 0.351 e. The van der Waals surface area contributed by atoms with Crippen LogP contribution in [0.5, 0.6) is 5.75 Å². The largest absolute Gasteiger partial charge is 0.482 e. The first-order chi connectivity index (χ1) is 29.0. The van der Waals surface area contributed by atoms with Gasteiger partial charge in [0.15, 0.2) is 6.61 Å². The van der Waals surface area contributed by atoms with Crippen LogP contribution in [0.1, 0.15) is 116 Å². The number of unbranched alkanes of at least 4 members (excludes halogenated alkanes) is 9. The van der Waals surface area contributed by atoms with E-state index in [4.69, 9.17) is 24.0 Å². The van der Waals surface area contributed by atoms with Crippen LogP contribution in [-0.2, 0) is 35.7 Å². The lowest BCUT2D eigenvalue weighted by atomic mass is 10.0. The van der Waals surface area contributed by atoms with E-state index in [1.165, 1.54) is 51.4 Å². The number of hydrogen-bond donors (Lipinski definition) is 1. The van der Waals surface area contributed by atoms with Gasteiger partial charge >= 0.3 is 11.9 Å². The fourth-order valence-electron chi connectivity index (χ4n) is 7.00. The number of ether oxygens (including phenoxy) is 3. The second-order valence-corrected chi connectivity index (χ2v) is 16.2. The molecule has 0 radical (unpaired) electrons. The Kier molecular flexibility index (Phi) is 17.1. The third-order valence-electron chi connectivity index (χ3n) is 10.1. The third-order valence-corrected chi connectivity index (χ3v) is 10.1. The normalized spacial score (nSPS) is 13.8. The Hall–Kier alpha value is -5.71. The highest BCUT2D eigenvalue weighted by molar-refractivity contribution is 6.03. The second kappa shape index (κ2) is 22.6. The Morgan fingerprint density at radius 1 is 0.800 bits per heavy atom. The topological polar surface area (TPSA) is 130 Å². The number of nitrogens with one attached hydrogen (secondary N) is 1. The fourth-order valence-corrected chi connectivity index (χ4v) is 7.00. The van der Waals surface area contributed by atoms with E-state index in [2.05, 4.69) is 22.0 Å². The zero-order valence-corrected chi connectivity index (χ0v) is 36.3. The molecule has 0 spiro atoms. The lowest BCUT2D eigenvalue weighted by Crippen LogP contribution is -2.32. The minimum absolute atomic E-state index is 0.0929. The summed E-state index contributed by atoms with van der Waals surface area (Å²) in [4.78, 5) is 47.6. The van der Waals surface area contributed by atoms with Crippen molar-refractivity contribution in [2.45, 2.75) is 117 Å². The maximum Gasteiger partial charge on any atom is 0.351 e. The maximum absolute atomic E-state index is 12.6. The summed E-state index contributed by atoms with van der Waals surface area (Å²) in [6.07, 6.45) is 15.6. The molecule has 60 heavy (non-hydrogen) atoms. The van der Waals surface area contributed by atoms with Crippen LogP contribution in [0.15, 0.2) is 84.0 Å². The van der Waals surface area contributed by atoms with Crippen LogP contribution >= 0.6 is 0 Å². The summed E-state index contributed by atoms with van der Waals surface area (Å²) in [6.45, 7) is 10.3. The molecule has 3 aromatic carbocycles. The summed E-state index contributed by atoms with van der Waals surface area (Å²) < 4.78 is 18.2. The molecule has 4 aromatic rings. The SMILES string of the molecule is CCCCCCCCCCCCNC(=O)/C=C/c1ccc(-c2c(-c3ccc(OCC(=O)OCC)cc3)nc(-c3ccc(C4=NOC(C(=O)OC(C)(C)C)C4)cc3)n2C)cc1. The van der Waals surface area contributed by atoms with Crippen molar-refractivity contribution in [1.82, 2.24) is 14.9 Å². The van der Waals surface area contributed by atoms with Gasteiger partial charge in [0.05, 0.1) is 23.7 Å². The Balaban J connectivity index is 1.27. The third kappa shape index (κ3) is 13.7. The van der Waals surface area contributed by atoms with Crippen LogP contribution < -0.4 is 10.1 Å². The Morgan fingerprint density at radius 2 is 1.40 bits per heavy atom. The zero-order chi connectivity index (χ0) is 42.9. The van der Waals surface area contributed by atoms with Crippen LogP contribution in [-0.4, -0.2) is 64.6 Å². The van der Waals surface area contributed by atoms with Gasteiger partial charge in [-0.25, -0.2) is 14.6 Å². The molecule has 1 N–H and O–H groups in total. The molecular formula is C49H62N4O7. The number of imidazole rings is 1. The molecule has 0 bridgehead atoms. The number of oxime groups is 1. The van der Waals surface area contributed by atoms with Gasteiger partial charge in [-0.2, -0.15) is 0 Å². The monoisotopic (exact) mass is 818 g/mol. The Morgan fingerprint density at radius 3 is 2.03 bits per heavy atom. The van der Waals surface area contributed by atoms with E-state index in [0.717, 1.165) is 57.9 Å². The standard InChI is InChI=1S/C49H62N4O7/c1-7-9-10-11-12-13-14-15-16-17-32-50-43(54)31-20-35-18-21-38(22-19-35)46-45(37-27-29-40(30-28-37)58-34-44(55)57-8-2)51-47(53(46)6)39-25-23-36(24-26-39)41-33-42(60-52-41)48(56)59-49(3,4)5/h18-31,42H,7-17,32-34H2,1-6H3,(H,50,54)/b31-20+. The number of amides is 1. The van der Waals surface area contributed by atoms with Crippen LogP contribution in [0.4, 0.5) is 0 Å². The first-order valence-corrected chi connectivity index (χ1v) is 21.5. The van der Waals surface area contributed by atoms with Crippen molar-refractivity contribution in [3.63, 3.8) is 0 Å². The molecule has 320 valence electrons. The summed E-state index contributed by atoms with van der Waals surface area (Å²) in [5.41, 5.74) is 6.15. The van der Waals surface area contributed by atoms with Gasteiger partial charge in [-0.3, -0.25) is 4.79 Å². The summed E-state index contributed by atoms with van der Waals surface area (Å²) in [6, 6.07) is 23.4. The molecule has 5 rings (SSSR count). The van der Waals surface area contributed by atoms with Gasteiger partial charge in [0.25, 0.3) is 0 Å². The van der Waals surface area contributed by atoms with E-state index in [1.54, 1.807) is 13.0 Å². The van der Waals surface area contributed by atoms with Gasteiger partial charge in [-0.15, -0.1) is 0 Å². The van der Waals surface area contributed by atoms with Gasteiger partial charge in [0, 0.05) is 42.8 Å². The van der Waals surface area contributed by atoms with Crippen molar-refractivity contribution in [2.75, 3.05) is 19.8 Å². The molecule has 0 fully saturated rings. The number of hydrogen-bond acceptors (Lipinski definition) is 9. The van der Waals surface area contributed by atoms with Gasteiger partial charge in [0.2, 0.25) is 12.0 Å². The van der Waals surface area contributed by atoms with Crippen molar-refractivity contribution in [1.29, 1.82) is 0 Å². The molecule has 1 atom stereocenters. The van der Waals surface area contributed by atoms with Gasteiger partial charge in [-0.1, -0.05) is 118 Å². The maximum atomic E-state index is 12.6. The molecule has 0 saturated heterocycles. The lowest BCUT2D eigenvalue weighted by molar-refractivity contribution is -0.166. The van der Waals surface area contributed by atoms with Crippen molar-refractivity contribution >= 4 is 29.6 Å². The number of carbonyl (C=O) groups is 3. The zero-order valence-electron chi connectivity index (χ0n) is 36.3. The minimum Gasteiger partial charge on any atom is -0.482 e. The summed E-state index contributed by atoms with van der Waals surface area (Å²) >= 11 is 0. The lowest BCUT2D eigenvalue weighted by Gasteiger charge is -2.20. The van der Waals surface area contributed by atoms with E-state index in [1.807, 2.05) is 107 Å². The van der Waals surface area contributed by atoms with Gasteiger partial charge in [-0.05, 0) is 75.6 Å².